The monoisotopic (exact) mass is 346 g/mol. The molecule has 6 heteroatoms. The Balaban J connectivity index is 1.60. The van der Waals surface area contributed by atoms with E-state index in [4.69, 9.17) is 4.74 Å². The second-order valence-corrected chi connectivity index (χ2v) is 6.27. The molecular weight excluding hydrogens is 316 g/mol. The molecule has 0 aliphatic carbocycles. The zero-order chi connectivity index (χ0) is 17.9. The molecule has 6 nitrogen and oxygen atoms in total. The molecule has 25 heavy (non-hydrogen) atoms. The van der Waals surface area contributed by atoms with Gasteiger partial charge in [0.2, 0.25) is 5.91 Å². The first kappa shape index (κ1) is 19.1. The van der Waals surface area contributed by atoms with Crippen LogP contribution in [0, 0.1) is 0 Å². The largest absolute Gasteiger partial charge is 0.492 e. The van der Waals surface area contributed by atoms with Crippen LogP contribution in [0.3, 0.4) is 0 Å². The Labute approximate surface area is 150 Å². The zero-order valence-electron chi connectivity index (χ0n) is 15.3. The van der Waals surface area contributed by atoms with Crippen molar-refractivity contribution in [3.05, 3.63) is 30.3 Å². The van der Waals surface area contributed by atoms with Gasteiger partial charge in [0.1, 0.15) is 12.4 Å². The number of carbonyl (C=O) groups excluding carboxylic acids is 1. The number of aliphatic imine (C=N–C) groups is 1. The normalized spacial score (nSPS) is 17.9. The summed E-state index contributed by atoms with van der Waals surface area (Å²) >= 11 is 0. The van der Waals surface area contributed by atoms with Crippen molar-refractivity contribution < 1.29 is 9.53 Å². The first-order valence-electron chi connectivity index (χ1n) is 9.12. The number of nitrogens with one attached hydrogen (secondary N) is 2. The number of para-hydroxylation sites is 1. The van der Waals surface area contributed by atoms with E-state index < -0.39 is 0 Å². The molecule has 1 unspecified atom stereocenters. The van der Waals surface area contributed by atoms with Crippen LogP contribution in [0.1, 0.15) is 32.6 Å². The van der Waals surface area contributed by atoms with Crippen molar-refractivity contribution in [3.63, 3.8) is 0 Å². The predicted octanol–water partition coefficient (Wildman–Crippen LogP) is 2.02. The lowest BCUT2D eigenvalue weighted by atomic mass is 10.0. The van der Waals surface area contributed by atoms with Gasteiger partial charge in [-0.2, -0.15) is 0 Å². The summed E-state index contributed by atoms with van der Waals surface area (Å²) in [5.74, 6) is 1.77. The minimum atomic E-state index is 0.225. The quantitative estimate of drug-likeness (QED) is 0.450. The van der Waals surface area contributed by atoms with Gasteiger partial charge in [-0.15, -0.1) is 0 Å². The van der Waals surface area contributed by atoms with Gasteiger partial charge in [0.15, 0.2) is 5.96 Å². The number of likely N-dealkylation sites (tertiary alicyclic amines) is 1. The molecule has 1 heterocycles. The third kappa shape index (κ3) is 6.64. The van der Waals surface area contributed by atoms with Gasteiger partial charge in [-0.05, 0) is 38.3 Å². The van der Waals surface area contributed by atoms with Crippen molar-refractivity contribution >= 4 is 11.9 Å². The summed E-state index contributed by atoms with van der Waals surface area (Å²) in [4.78, 5) is 18.5. The number of benzene rings is 1. The Morgan fingerprint density at radius 1 is 1.24 bits per heavy atom. The predicted molar refractivity (Wildman–Crippen MR) is 101 cm³/mol. The van der Waals surface area contributed by atoms with Gasteiger partial charge in [0.25, 0.3) is 0 Å². The van der Waals surface area contributed by atoms with E-state index in [2.05, 4.69) is 22.5 Å². The maximum atomic E-state index is 12.3. The Hall–Kier alpha value is -2.24. The second kappa shape index (κ2) is 10.6. The highest BCUT2D eigenvalue weighted by Crippen LogP contribution is 2.16. The molecule has 0 radical (unpaired) electrons. The van der Waals surface area contributed by atoms with E-state index in [-0.39, 0.29) is 5.91 Å². The highest BCUT2D eigenvalue weighted by Gasteiger charge is 2.22. The summed E-state index contributed by atoms with van der Waals surface area (Å²) in [7, 11) is 1.72. The minimum absolute atomic E-state index is 0.225. The van der Waals surface area contributed by atoms with Crippen LogP contribution in [-0.2, 0) is 4.79 Å². The minimum Gasteiger partial charge on any atom is -0.492 e. The molecule has 138 valence electrons. The number of piperidine rings is 1. The molecule has 1 fully saturated rings. The van der Waals surface area contributed by atoms with Gasteiger partial charge in [-0.3, -0.25) is 9.79 Å². The summed E-state index contributed by atoms with van der Waals surface area (Å²) in [5.41, 5.74) is 0. The van der Waals surface area contributed by atoms with Crippen LogP contribution >= 0.6 is 0 Å². The Morgan fingerprint density at radius 3 is 2.72 bits per heavy atom. The van der Waals surface area contributed by atoms with Crippen LogP contribution in [0.4, 0.5) is 0 Å². The Morgan fingerprint density at radius 2 is 2.00 bits per heavy atom. The summed E-state index contributed by atoms with van der Waals surface area (Å²) < 4.78 is 5.63. The molecule has 2 N–H and O–H groups in total. The van der Waals surface area contributed by atoms with Crippen molar-refractivity contribution in [3.8, 4) is 5.75 Å². The molecule has 0 bridgehead atoms. The Bertz CT molecular complexity index is 548. The molecule has 1 aromatic carbocycles. The average Bonchev–Trinajstić information content (AvgIpc) is 2.64. The van der Waals surface area contributed by atoms with E-state index in [0.717, 1.165) is 25.1 Å². The number of guanidine groups is 1. The molecule has 1 amide bonds. The number of carbonyl (C=O) groups is 1. The number of rotatable bonds is 7. The lowest BCUT2D eigenvalue weighted by Gasteiger charge is -2.33. The molecule has 1 aliphatic heterocycles. The number of amides is 1. The fraction of sp³-hybridized carbons (Fsp3) is 0.579. The van der Waals surface area contributed by atoms with Gasteiger partial charge in [0.05, 0.1) is 6.54 Å². The van der Waals surface area contributed by atoms with Crippen LogP contribution in [0.15, 0.2) is 35.3 Å². The van der Waals surface area contributed by atoms with E-state index in [9.17, 15) is 4.79 Å². The lowest BCUT2D eigenvalue weighted by molar-refractivity contribution is -0.134. The number of nitrogens with zero attached hydrogens (tertiary/aromatic N) is 2. The fourth-order valence-electron chi connectivity index (χ4n) is 2.98. The first-order valence-corrected chi connectivity index (χ1v) is 9.12. The standard InChI is InChI=1S/C19H30N4O2/c1-16-8-6-7-14-23(16)18(24)11-12-21-19(20-2)22-13-15-25-17-9-4-3-5-10-17/h3-5,9-10,16H,6-8,11-15H2,1-2H3,(H2,20,21,22). The number of hydrogen-bond donors (Lipinski definition) is 2. The van der Waals surface area contributed by atoms with Gasteiger partial charge in [-0.1, -0.05) is 18.2 Å². The fourth-order valence-corrected chi connectivity index (χ4v) is 2.98. The molecule has 1 saturated heterocycles. The molecular formula is C19H30N4O2. The SMILES string of the molecule is CN=C(NCCOc1ccccc1)NCCC(=O)N1CCCCC1C. The molecule has 1 atom stereocenters. The molecule has 0 spiro atoms. The number of ether oxygens (including phenoxy) is 1. The van der Waals surface area contributed by atoms with Crippen LogP contribution in [0.25, 0.3) is 0 Å². The molecule has 1 aliphatic rings. The molecule has 0 saturated carbocycles. The van der Waals surface area contributed by atoms with Crippen molar-refractivity contribution in [2.75, 3.05) is 33.3 Å². The highest BCUT2D eigenvalue weighted by atomic mass is 16.5. The van der Waals surface area contributed by atoms with Crippen LogP contribution in [-0.4, -0.2) is 56.1 Å². The van der Waals surface area contributed by atoms with Crippen LogP contribution in [0.2, 0.25) is 0 Å². The maximum Gasteiger partial charge on any atom is 0.224 e. The van der Waals surface area contributed by atoms with Crippen LogP contribution in [0.5, 0.6) is 5.75 Å². The third-order valence-corrected chi connectivity index (χ3v) is 4.38. The van der Waals surface area contributed by atoms with Gasteiger partial charge in [-0.25, -0.2) is 0 Å². The highest BCUT2D eigenvalue weighted by molar-refractivity contribution is 5.81. The van der Waals surface area contributed by atoms with Crippen LogP contribution < -0.4 is 15.4 Å². The van der Waals surface area contributed by atoms with Gasteiger partial charge >= 0.3 is 0 Å². The van der Waals surface area contributed by atoms with E-state index in [0.29, 0.717) is 38.1 Å². The summed E-state index contributed by atoms with van der Waals surface area (Å²) in [6.45, 7) is 4.81. The van der Waals surface area contributed by atoms with Gasteiger partial charge in [0, 0.05) is 32.6 Å². The topological polar surface area (TPSA) is 66.0 Å². The second-order valence-electron chi connectivity index (χ2n) is 6.27. The zero-order valence-corrected chi connectivity index (χ0v) is 15.3. The molecule has 1 aromatic rings. The summed E-state index contributed by atoms with van der Waals surface area (Å²) in [6.07, 6.45) is 3.95. The molecule has 0 aromatic heterocycles. The summed E-state index contributed by atoms with van der Waals surface area (Å²) in [6, 6.07) is 10.1. The van der Waals surface area contributed by atoms with Crippen molar-refractivity contribution in [1.29, 1.82) is 0 Å². The van der Waals surface area contributed by atoms with E-state index >= 15 is 0 Å². The maximum absolute atomic E-state index is 12.3. The smallest absolute Gasteiger partial charge is 0.224 e. The average molecular weight is 346 g/mol. The third-order valence-electron chi connectivity index (χ3n) is 4.38. The first-order chi connectivity index (χ1) is 12.2. The number of hydrogen-bond acceptors (Lipinski definition) is 3. The van der Waals surface area contributed by atoms with Gasteiger partial charge < -0.3 is 20.3 Å². The van der Waals surface area contributed by atoms with Crippen molar-refractivity contribution in [2.24, 2.45) is 4.99 Å². The Kier molecular flexibility index (Phi) is 8.09. The van der Waals surface area contributed by atoms with E-state index in [1.165, 1.54) is 6.42 Å². The summed E-state index contributed by atoms with van der Waals surface area (Å²) in [5, 5.41) is 6.38. The lowest BCUT2D eigenvalue weighted by Crippen LogP contribution is -2.44. The van der Waals surface area contributed by atoms with Crippen molar-refractivity contribution in [1.82, 2.24) is 15.5 Å². The molecule has 2 rings (SSSR count). The van der Waals surface area contributed by atoms with Crippen molar-refractivity contribution in [2.45, 2.75) is 38.6 Å². The van der Waals surface area contributed by atoms with E-state index in [1.54, 1.807) is 7.05 Å². The van der Waals surface area contributed by atoms with E-state index in [1.807, 2.05) is 35.2 Å².